The van der Waals surface area contributed by atoms with Gasteiger partial charge in [0.05, 0.1) is 11.0 Å². The van der Waals surface area contributed by atoms with Gasteiger partial charge in [0.25, 0.3) is 0 Å². The van der Waals surface area contributed by atoms with Gasteiger partial charge in [-0.05, 0) is 37.0 Å². The summed E-state index contributed by atoms with van der Waals surface area (Å²) in [5.41, 5.74) is 8.59. The molecule has 3 aromatic rings. The number of anilines is 1. The van der Waals surface area contributed by atoms with Crippen LogP contribution in [0.15, 0.2) is 22.7 Å². The Morgan fingerprint density at radius 2 is 2.08 bits per heavy atom. The van der Waals surface area contributed by atoms with Crippen LogP contribution in [0.25, 0.3) is 21.9 Å². The average molecular weight is 391 g/mol. The lowest BCUT2D eigenvalue weighted by atomic mass is 10.00. The topological polar surface area (TPSA) is 86.2 Å². The molecular weight excluding hydrogens is 372 g/mol. The van der Waals surface area contributed by atoms with Gasteiger partial charge in [0.15, 0.2) is 5.82 Å². The molecule has 1 aromatic carbocycles. The maximum atomic E-state index is 9.78. The first-order chi connectivity index (χ1) is 11.7. The second-order valence-electron chi connectivity index (χ2n) is 6.21. The van der Waals surface area contributed by atoms with Crippen LogP contribution in [0.3, 0.4) is 0 Å². The van der Waals surface area contributed by atoms with Crippen molar-refractivity contribution >= 4 is 43.7 Å². The first-order valence-electron chi connectivity index (χ1n) is 8.10. The van der Waals surface area contributed by atoms with E-state index < -0.39 is 0 Å². The second-order valence-corrected chi connectivity index (χ2v) is 7.12. The number of nitrogens with two attached hydrogens (primary N) is 1. The number of fused-ring (bicyclic) bond motifs is 3. The Hall–Kier alpha value is -1.70. The lowest BCUT2D eigenvalue weighted by Crippen LogP contribution is -2.21. The third-order valence-corrected chi connectivity index (χ3v) is 5.16. The van der Waals surface area contributed by atoms with Gasteiger partial charge in [-0.15, -0.1) is 0 Å². The molecule has 3 heterocycles. The van der Waals surface area contributed by atoms with Crippen molar-refractivity contribution in [2.75, 3.05) is 18.9 Å². The minimum Gasteiger partial charge on any atom is -0.388 e. The third kappa shape index (κ3) is 2.66. The quantitative estimate of drug-likeness (QED) is 0.717. The molecule has 0 aliphatic carbocycles. The van der Waals surface area contributed by atoms with Crippen LogP contribution in [0.5, 0.6) is 0 Å². The Bertz CT molecular complexity index is 903. The molecule has 0 bridgehead atoms. The van der Waals surface area contributed by atoms with Crippen molar-refractivity contribution < 1.29 is 9.84 Å². The van der Waals surface area contributed by atoms with Crippen molar-refractivity contribution in [1.29, 1.82) is 0 Å². The minimum atomic E-state index is -0.116. The fourth-order valence-electron chi connectivity index (χ4n) is 3.44. The summed E-state index contributed by atoms with van der Waals surface area (Å²) in [4.78, 5) is 9.02. The molecule has 0 spiro atoms. The van der Waals surface area contributed by atoms with E-state index in [0.29, 0.717) is 23.1 Å². The van der Waals surface area contributed by atoms with Crippen molar-refractivity contribution in [1.82, 2.24) is 14.5 Å². The van der Waals surface area contributed by atoms with Gasteiger partial charge in [-0.25, -0.2) is 9.97 Å². The van der Waals surface area contributed by atoms with E-state index in [4.69, 9.17) is 10.5 Å². The van der Waals surface area contributed by atoms with E-state index in [9.17, 15) is 5.11 Å². The zero-order valence-corrected chi connectivity index (χ0v) is 14.8. The standard InChI is InChI=1S/C17H19BrN4O2/c18-11-1-2-12-13(7-11)20-17(19)15-16(12)22(14(9-23)21-15)8-10-3-5-24-6-4-10/h1-2,7,10,23H,3-6,8-9H2,(H2,19,20). The van der Waals surface area contributed by atoms with E-state index in [1.54, 1.807) is 0 Å². The maximum Gasteiger partial charge on any atom is 0.152 e. The molecule has 0 saturated carbocycles. The fourth-order valence-corrected chi connectivity index (χ4v) is 3.78. The van der Waals surface area contributed by atoms with E-state index in [1.165, 1.54) is 0 Å². The third-order valence-electron chi connectivity index (χ3n) is 4.67. The van der Waals surface area contributed by atoms with E-state index in [0.717, 1.165) is 53.5 Å². The number of hydrogen-bond acceptors (Lipinski definition) is 5. The lowest BCUT2D eigenvalue weighted by molar-refractivity contribution is 0.0610. The molecule has 1 aliphatic heterocycles. The number of nitrogens with zero attached hydrogens (tertiary/aromatic N) is 3. The van der Waals surface area contributed by atoms with E-state index in [-0.39, 0.29) is 6.61 Å². The molecular formula is C17H19BrN4O2. The zero-order chi connectivity index (χ0) is 16.7. The molecule has 0 unspecified atom stereocenters. The van der Waals surface area contributed by atoms with Gasteiger partial charge in [0.2, 0.25) is 0 Å². The van der Waals surface area contributed by atoms with Crippen LogP contribution in [-0.4, -0.2) is 32.9 Å². The summed E-state index contributed by atoms with van der Waals surface area (Å²) in [7, 11) is 0. The number of hydrogen-bond donors (Lipinski definition) is 2. The van der Waals surface area contributed by atoms with Crippen LogP contribution < -0.4 is 5.73 Å². The maximum absolute atomic E-state index is 9.78. The zero-order valence-electron chi connectivity index (χ0n) is 13.2. The van der Waals surface area contributed by atoms with Crippen molar-refractivity contribution in [2.45, 2.75) is 26.0 Å². The first kappa shape index (κ1) is 15.8. The van der Waals surface area contributed by atoms with Crippen molar-refractivity contribution in [3.63, 3.8) is 0 Å². The molecule has 2 aromatic heterocycles. The first-order valence-corrected chi connectivity index (χ1v) is 8.89. The van der Waals surface area contributed by atoms with E-state index >= 15 is 0 Å². The molecule has 1 fully saturated rings. The molecule has 24 heavy (non-hydrogen) atoms. The van der Waals surface area contributed by atoms with E-state index in [1.807, 2.05) is 18.2 Å². The van der Waals surface area contributed by atoms with Crippen LogP contribution in [0, 0.1) is 5.92 Å². The van der Waals surface area contributed by atoms with Gasteiger partial charge in [0.1, 0.15) is 17.9 Å². The second kappa shape index (κ2) is 6.31. The van der Waals surface area contributed by atoms with Crippen molar-refractivity contribution in [3.8, 4) is 0 Å². The van der Waals surface area contributed by atoms with Gasteiger partial charge in [-0.3, -0.25) is 0 Å². The number of aliphatic hydroxyl groups is 1. The number of rotatable bonds is 3. The van der Waals surface area contributed by atoms with Crippen molar-refractivity contribution in [3.05, 3.63) is 28.5 Å². The molecule has 0 atom stereocenters. The molecule has 7 heteroatoms. The Morgan fingerprint density at radius 1 is 1.29 bits per heavy atom. The SMILES string of the molecule is Nc1nc2cc(Br)ccc2c2c1nc(CO)n2CC1CCOCC1. The van der Waals surface area contributed by atoms with Crippen LogP contribution in [-0.2, 0) is 17.9 Å². The predicted molar refractivity (Wildman–Crippen MR) is 96.6 cm³/mol. The largest absolute Gasteiger partial charge is 0.388 e. The fraction of sp³-hybridized carbons (Fsp3) is 0.412. The molecule has 4 rings (SSSR count). The number of pyridine rings is 1. The van der Waals surface area contributed by atoms with Gasteiger partial charge >= 0.3 is 0 Å². The molecule has 126 valence electrons. The van der Waals surface area contributed by atoms with Crippen molar-refractivity contribution in [2.24, 2.45) is 5.92 Å². The molecule has 3 N–H and O–H groups in total. The highest BCUT2D eigenvalue weighted by atomic mass is 79.9. The van der Waals surface area contributed by atoms with E-state index in [2.05, 4.69) is 30.5 Å². The van der Waals surface area contributed by atoms with Gasteiger partial charge in [-0.1, -0.05) is 15.9 Å². The molecule has 1 aliphatic rings. The number of aromatic nitrogens is 3. The molecule has 0 radical (unpaired) electrons. The smallest absolute Gasteiger partial charge is 0.152 e. The molecule has 0 amide bonds. The number of halogens is 1. The number of benzene rings is 1. The Morgan fingerprint density at radius 3 is 2.83 bits per heavy atom. The summed E-state index contributed by atoms with van der Waals surface area (Å²) in [6.45, 7) is 2.28. The highest BCUT2D eigenvalue weighted by Gasteiger charge is 2.21. The predicted octanol–water partition coefficient (Wildman–Crippen LogP) is 2.85. The highest BCUT2D eigenvalue weighted by Crippen LogP contribution is 2.32. The number of nitrogen functional groups attached to an aromatic ring is 1. The Kier molecular flexibility index (Phi) is 4.15. The summed E-state index contributed by atoms with van der Waals surface area (Å²) < 4.78 is 8.52. The summed E-state index contributed by atoms with van der Waals surface area (Å²) >= 11 is 3.48. The summed E-state index contributed by atoms with van der Waals surface area (Å²) in [5.74, 6) is 1.55. The summed E-state index contributed by atoms with van der Waals surface area (Å²) in [5, 5.41) is 10.8. The average Bonchev–Trinajstić information content (AvgIpc) is 2.95. The Labute approximate surface area is 147 Å². The van der Waals surface area contributed by atoms with Crippen LogP contribution in [0.2, 0.25) is 0 Å². The number of aliphatic hydroxyl groups excluding tert-OH is 1. The van der Waals surface area contributed by atoms with Crippen LogP contribution in [0.1, 0.15) is 18.7 Å². The van der Waals surface area contributed by atoms with Crippen LogP contribution in [0.4, 0.5) is 5.82 Å². The van der Waals surface area contributed by atoms with Crippen LogP contribution >= 0.6 is 15.9 Å². The Balaban J connectivity index is 1.93. The monoisotopic (exact) mass is 390 g/mol. The normalized spacial score (nSPS) is 16.2. The molecule has 6 nitrogen and oxygen atoms in total. The number of imidazole rings is 1. The summed E-state index contributed by atoms with van der Waals surface area (Å²) in [6, 6.07) is 5.97. The number of ether oxygens (including phenoxy) is 1. The van der Waals surface area contributed by atoms with Gasteiger partial charge < -0.3 is 20.1 Å². The lowest BCUT2D eigenvalue weighted by Gasteiger charge is -2.23. The van der Waals surface area contributed by atoms with Gasteiger partial charge in [0, 0.05) is 29.6 Å². The summed E-state index contributed by atoms with van der Waals surface area (Å²) in [6.07, 6.45) is 2.04. The molecule has 1 saturated heterocycles. The highest BCUT2D eigenvalue weighted by molar-refractivity contribution is 9.10. The minimum absolute atomic E-state index is 0.116. The van der Waals surface area contributed by atoms with Gasteiger partial charge in [-0.2, -0.15) is 0 Å².